The SMILES string of the molecule is Cc1cc2c(cc1C)OC(C(=O)NCc1ccc(C(=O)O)s1)C2. The van der Waals surface area contributed by atoms with Gasteiger partial charge in [-0.1, -0.05) is 6.07 Å². The third-order valence-corrected chi connectivity index (χ3v) is 5.03. The lowest BCUT2D eigenvalue weighted by Gasteiger charge is -2.10. The van der Waals surface area contributed by atoms with Crippen molar-refractivity contribution < 1.29 is 19.4 Å². The molecule has 1 amide bonds. The van der Waals surface area contributed by atoms with E-state index in [4.69, 9.17) is 9.84 Å². The first kappa shape index (κ1) is 15.6. The van der Waals surface area contributed by atoms with Crippen LogP contribution in [0.15, 0.2) is 24.3 Å². The number of rotatable bonds is 4. The Morgan fingerprint density at radius 3 is 2.74 bits per heavy atom. The summed E-state index contributed by atoms with van der Waals surface area (Å²) in [6, 6.07) is 7.29. The number of thiophene rings is 1. The van der Waals surface area contributed by atoms with Crippen molar-refractivity contribution in [1.82, 2.24) is 5.32 Å². The lowest BCUT2D eigenvalue weighted by Crippen LogP contribution is -2.36. The number of carboxylic acids is 1. The van der Waals surface area contributed by atoms with Gasteiger partial charge in [0.25, 0.3) is 5.91 Å². The van der Waals surface area contributed by atoms with Gasteiger partial charge >= 0.3 is 5.97 Å². The summed E-state index contributed by atoms with van der Waals surface area (Å²) in [7, 11) is 0. The lowest BCUT2D eigenvalue weighted by molar-refractivity contribution is -0.127. The van der Waals surface area contributed by atoms with Gasteiger partial charge in [-0.15, -0.1) is 11.3 Å². The van der Waals surface area contributed by atoms with Crippen LogP contribution in [0.3, 0.4) is 0 Å². The van der Waals surface area contributed by atoms with Crippen LogP contribution in [0.25, 0.3) is 0 Å². The number of benzene rings is 1. The average Bonchev–Trinajstić information content (AvgIpc) is 3.12. The molecule has 1 aromatic heterocycles. The Balaban J connectivity index is 1.60. The molecule has 0 saturated heterocycles. The van der Waals surface area contributed by atoms with Gasteiger partial charge in [0.05, 0.1) is 6.54 Å². The first-order valence-electron chi connectivity index (χ1n) is 7.30. The van der Waals surface area contributed by atoms with Crippen molar-refractivity contribution in [1.29, 1.82) is 0 Å². The van der Waals surface area contributed by atoms with Gasteiger partial charge in [0.15, 0.2) is 6.10 Å². The van der Waals surface area contributed by atoms with Gasteiger partial charge in [-0.25, -0.2) is 4.79 Å². The van der Waals surface area contributed by atoms with E-state index in [9.17, 15) is 9.59 Å². The van der Waals surface area contributed by atoms with E-state index in [0.29, 0.717) is 13.0 Å². The van der Waals surface area contributed by atoms with Gasteiger partial charge in [0.1, 0.15) is 10.6 Å². The fraction of sp³-hybridized carbons (Fsp3) is 0.294. The molecular weight excluding hydrogens is 314 g/mol. The smallest absolute Gasteiger partial charge is 0.345 e. The summed E-state index contributed by atoms with van der Waals surface area (Å²) < 4.78 is 5.73. The Morgan fingerprint density at radius 1 is 1.30 bits per heavy atom. The molecule has 3 rings (SSSR count). The number of amides is 1. The van der Waals surface area contributed by atoms with E-state index in [0.717, 1.165) is 33.1 Å². The van der Waals surface area contributed by atoms with E-state index in [1.54, 1.807) is 12.1 Å². The maximum Gasteiger partial charge on any atom is 0.345 e. The van der Waals surface area contributed by atoms with Crippen LogP contribution >= 0.6 is 11.3 Å². The summed E-state index contributed by atoms with van der Waals surface area (Å²) in [4.78, 5) is 24.2. The van der Waals surface area contributed by atoms with Crippen molar-refractivity contribution in [2.75, 3.05) is 0 Å². The quantitative estimate of drug-likeness (QED) is 0.903. The second-order valence-corrected chi connectivity index (χ2v) is 6.81. The molecule has 1 aromatic carbocycles. The molecule has 0 bridgehead atoms. The first-order chi connectivity index (χ1) is 10.9. The molecule has 6 heteroatoms. The minimum Gasteiger partial charge on any atom is -0.480 e. The number of nitrogens with one attached hydrogen (secondary N) is 1. The van der Waals surface area contributed by atoms with Gasteiger partial charge in [0, 0.05) is 11.3 Å². The van der Waals surface area contributed by atoms with Crippen molar-refractivity contribution in [3.63, 3.8) is 0 Å². The minimum atomic E-state index is -0.951. The number of fused-ring (bicyclic) bond motifs is 1. The van der Waals surface area contributed by atoms with Gasteiger partial charge in [0.2, 0.25) is 0 Å². The van der Waals surface area contributed by atoms with Gasteiger partial charge < -0.3 is 15.2 Å². The van der Waals surface area contributed by atoms with Crippen LogP contribution in [-0.2, 0) is 17.8 Å². The Labute approximate surface area is 137 Å². The Bertz CT molecular complexity index is 750. The topological polar surface area (TPSA) is 75.6 Å². The standard InChI is InChI=1S/C17H17NO4S/c1-9-5-11-7-14(22-13(11)6-10(9)2)16(19)18-8-12-3-4-15(23-12)17(20)21/h3-6,14H,7-8H2,1-2H3,(H,18,19)(H,20,21). The number of carbonyl (C=O) groups is 2. The maximum absolute atomic E-state index is 12.2. The van der Waals surface area contributed by atoms with Crippen LogP contribution in [0.1, 0.15) is 31.2 Å². The second kappa shape index (κ2) is 6.04. The molecule has 120 valence electrons. The summed E-state index contributed by atoms with van der Waals surface area (Å²) in [5.74, 6) is -0.354. The zero-order valence-corrected chi connectivity index (χ0v) is 13.7. The molecule has 1 atom stereocenters. The fourth-order valence-electron chi connectivity index (χ4n) is 2.54. The number of aryl methyl sites for hydroxylation is 2. The molecule has 0 saturated carbocycles. The highest BCUT2D eigenvalue weighted by atomic mass is 32.1. The highest BCUT2D eigenvalue weighted by Gasteiger charge is 2.29. The van der Waals surface area contributed by atoms with E-state index < -0.39 is 12.1 Å². The van der Waals surface area contributed by atoms with Crippen molar-refractivity contribution >= 4 is 23.2 Å². The fourth-order valence-corrected chi connectivity index (χ4v) is 3.32. The monoisotopic (exact) mass is 331 g/mol. The van der Waals surface area contributed by atoms with Crippen molar-refractivity contribution in [3.8, 4) is 5.75 Å². The van der Waals surface area contributed by atoms with E-state index in [1.165, 1.54) is 5.56 Å². The van der Waals surface area contributed by atoms with Gasteiger partial charge in [-0.2, -0.15) is 0 Å². The Morgan fingerprint density at radius 2 is 2.04 bits per heavy atom. The number of aromatic carboxylic acids is 1. The predicted molar refractivity (Wildman–Crippen MR) is 87.2 cm³/mol. The van der Waals surface area contributed by atoms with Crippen LogP contribution < -0.4 is 10.1 Å². The molecule has 1 unspecified atom stereocenters. The molecule has 2 heterocycles. The van der Waals surface area contributed by atoms with Crippen molar-refractivity contribution in [3.05, 3.63) is 50.7 Å². The average molecular weight is 331 g/mol. The Hall–Kier alpha value is -2.34. The molecule has 0 fully saturated rings. The highest BCUT2D eigenvalue weighted by Crippen LogP contribution is 2.31. The molecular formula is C17H17NO4S. The van der Waals surface area contributed by atoms with Crippen LogP contribution in [-0.4, -0.2) is 23.1 Å². The zero-order valence-electron chi connectivity index (χ0n) is 12.9. The normalized spacial score (nSPS) is 15.8. The molecule has 2 N–H and O–H groups in total. The van der Waals surface area contributed by atoms with Crippen LogP contribution in [0.2, 0.25) is 0 Å². The molecule has 0 radical (unpaired) electrons. The summed E-state index contributed by atoms with van der Waals surface area (Å²) >= 11 is 1.16. The third-order valence-electron chi connectivity index (χ3n) is 3.95. The van der Waals surface area contributed by atoms with E-state index in [-0.39, 0.29) is 10.8 Å². The number of hydrogen-bond acceptors (Lipinski definition) is 4. The van der Waals surface area contributed by atoms with Gasteiger partial charge in [-0.05, 0) is 48.7 Å². The molecule has 1 aliphatic heterocycles. The summed E-state index contributed by atoms with van der Waals surface area (Å²) in [5, 5.41) is 11.7. The minimum absolute atomic E-state index is 0.179. The zero-order chi connectivity index (χ0) is 16.6. The first-order valence-corrected chi connectivity index (χ1v) is 8.12. The second-order valence-electron chi connectivity index (χ2n) is 5.64. The summed E-state index contributed by atoms with van der Waals surface area (Å²) in [5.41, 5.74) is 3.38. The number of ether oxygens (including phenoxy) is 1. The lowest BCUT2D eigenvalue weighted by atomic mass is 10.0. The summed E-state index contributed by atoms with van der Waals surface area (Å²) in [6.45, 7) is 4.37. The molecule has 5 nitrogen and oxygen atoms in total. The number of carboxylic acid groups (broad SMARTS) is 1. The molecule has 23 heavy (non-hydrogen) atoms. The number of hydrogen-bond donors (Lipinski definition) is 2. The largest absolute Gasteiger partial charge is 0.480 e. The molecule has 2 aromatic rings. The molecule has 1 aliphatic rings. The van der Waals surface area contributed by atoms with Crippen molar-refractivity contribution in [2.24, 2.45) is 0 Å². The van der Waals surface area contributed by atoms with E-state index in [2.05, 4.69) is 11.4 Å². The van der Waals surface area contributed by atoms with Crippen LogP contribution in [0.4, 0.5) is 0 Å². The predicted octanol–water partition coefficient (Wildman–Crippen LogP) is 2.68. The maximum atomic E-state index is 12.2. The third kappa shape index (κ3) is 3.22. The number of carbonyl (C=O) groups excluding carboxylic acids is 1. The van der Waals surface area contributed by atoms with Crippen LogP contribution in [0, 0.1) is 13.8 Å². The van der Waals surface area contributed by atoms with Crippen LogP contribution in [0.5, 0.6) is 5.75 Å². The molecule has 0 aliphatic carbocycles. The van der Waals surface area contributed by atoms with Gasteiger partial charge in [-0.3, -0.25) is 4.79 Å². The Kier molecular flexibility index (Phi) is 4.09. The van der Waals surface area contributed by atoms with E-state index >= 15 is 0 Å². The summed E-state index contributed by atoms with van der Waals surface area (Å²) in [6.07, 6.45) is 0.0396. The highest BCUT2D eigenvalue weighted by molar-refractivity contribution is 7.13. The van der Waals surface area contributed by atoms with E-state index in [1.807, 2.05) is 19.9 Å². The van der Waals surface area contributed by atoms with Crippen molar-refractivity contribution in [2.45, 2.75) is 32.9 Å². The molecule has 0 spiro atoms.